The first-order valence-electron chi connectivity index (χ1n) is 11.4. The van der Waals surface area contributed by atoms with Crippen molar-refractivity contribution in [1.82, 2.24) is 24.6 Å². The Labute approximate surface area is 206 Å². The van der Waals surface area contributed by atoms with Gasteiger partial charge in [-0.1, -0.05) is 36.4 Å². The van der Waals surface area contributed by atoms with E-state index in [1.165, 1.54) is 29.5 Å². The molecule has 1 aliphatic rings. The fourth-order valence-electron chi connectivity index (χ4n) is 4.46. The number of amides is 1. The van der Waals surface area contributed by atoms with Gasteiger partial charge in [0.1, 0.15) is 11.6 Å². The van der Waals surface area contributed by atoms with Crippen LogP contribution in [0.5, 0.6) is 0 Å². The number of aromatic nitrogens is 3. The Morgan fingerprint density at radius 3 is 2.57 bits per heavy atom. The predicted molar refractivity (Wildman–Crippen MR) is 130 cm³/mol. The third-order valence-electron chi connectivity index (χ3n) is 6.26. The molecule has 0 radical (unpaired) electrons. The van der Waals surface area contributed by atoms with Crippen LogP contribution in [0.25, 0.3) is 0 Å². The molecule has 35 heavy (non-hydrogen) atoms. The maximum absolute atomic E-state index is 14.3. The molecule has 2 aromatic heterocycles. The molecule has 0 spiro atoms. The van der Waals surface area contributed by atoms with Crippen LogP contribution in [-0.2, 0) is 32.6 Å². The lowest BCUT2D eigenvalue weighted by molar-refractivity contribution is 0.0774. The molecule has 0 atom stereocenters. The topological polar surface area (TPSA) is 54.3 Å². The van der Waals surface area contributed by atoms with E-state index in [2.05, 4.69) is 4.98 Å². The standard InChI is InChI=1S/C26H25F2N5OS/c1-31(13-19-16-35-17-29-19)26(34)25-21-15-32(14-20-22(27)8-5-9-23(20)28)11-10-24(21)33(30-25)12-18-6-3-2-4-7-18/h2-9,16-17H,10-15H2,1H3. The molecule has 0 N–H and O–H groups in total. The number of carbonyl (C=O) groups is 1. The summed E-state index contributed by atoms with van der Waals surface area (Å²) in [6.07, 6.45) is 0.633. The molecular formula is C26H25F2N5OS. The summed E-state index contributed by atoms with van der Waals surface area (Å²) in [6, 6.07) is 13.9. The summed E-state index contributed by atoms with van der Waals surface area (Å²) in [7, 11) is 1.74. The maximum atomic E-state index is 14.3. The highest BCUT2D eigenvalue weighted by atomic mass is 32.1. The second kappa shape index (κ2) is 10.1. The fraction of sp³-hybridized carbons (Fsp3) is 0.269. The number of halogens is 2. The van der Waals surface area contributed by atoms with Crippen molar-refractivity contribution in [3.05, 3.63) is 105 Å². The van der Waals surface area contributed by atoms with Gasteiger partial charge in [0.05, 0.1) is 24.3 Å². The first-order chi connectivity index (χ1) is 17.0. The molecule has 0 bridgehead atoms. The van der Waals surface area contributed by atoms with E-state index < -0.39 is 11.6 Å². The van der Waals surface area contributed by atoms with Crippen LogP contribution >= 0.6 is 11.3 Å². The first-order valence-corrected chi connectivity index (χ1v) is 12.3. The van der Waals surface area contributed by atoms with Gasteiger partial charge in [-0.2, -0.15) is 5.10 Å². The monoisotopic (exact) mass is 493 g/mol. The molecular weight excluding hydrogens is 468 g/mol. The highest BCUT2D eigenvalue weighted by molar-refractivity contribution is 7.07. The molecule has 5 rings (SSSR count). The quantitative estimate of drug-likeness (QED) is 0.381. The smallest absolute Gasteiger partial charge is 0.274 e. The molecule has 0 saturated carbocycles. The van der Waals surface area contributed by atoms with E-state index in [0.717, 1.165) is 22.5 Å². The SMILES string of the molecule is CN(Cc1cscn1)C(=O)c1nn(Cc2ccccc2)c2c1CN(Cc1c(F)cccc1F)CC2. The van der Waals surface area contributed by atoms with Crippen LogP contribution < -0.4 is 0 Å². The highest BCUT2D eigenvalue weighted by Gasteiger charge is 2.30. The second-order valence-corrected chi connectivity index (χ2v) is 9.44. The van der Waals surface area contributed by atoms with E-state index in [-0.39, 0.29) is 18.0 Å². The lowest BCUT2D eigenvalue weighted by Gasteiger charge is -2.28. The fourth-order valence-corrected chi connectivity index (χ4v) is 5.01. The molecule has 4 aromatic rings. The summed E-state index contributed by atoms with van der Waals surface area (Å²) >= 11 is 1.48. The van der Waals surface area contributed by atoms with Crippen LogP contribution in [0.2, 0.25) is 0 Å². The molecule has 6 nitrogen and oxygen atoms in total. The molecule has 0 saturated heterocycles. The van der Waals surface area contributed by atoms with E-state index in [4.69, 9.17) is 5.10 Å². The van der Waals surface area contributed by atoms with Crippen molar-refractivity contribution in [2.45, 2.75) is 32.6 Å². The third kappa shape index (κ3) is 5.01. The van der Waals surface area contributed by atoms with Crippen molar-refractivity contribution >= 4 is 17.2 Å². The summed E-state index contributed by atoms with van der Waals surface area (Å²) in [6.45, 7) is 2.07. The van der Waals surface area contributed by atoms with Gasteiger partial charge < -0.3 is 4.90 Å². The Morgan fingerprint density at radius 1 is 1.09 bits per heavy atom. The van der Waals surface area contributed by atoms with E-state index in [0.29, 0.717) is 38.3 Å². The number of carbonyl (C=O) groups excluding carboxylic acids is 1. The van der Waals surface area contributed by atoms with Gasteiger partial charge >= 0.3 is 0 Å². The van der Waals surface area contributed by atoms with Crippen LogP contribution in [0, 0.1) is 11.6 Å². The van der Waals surface area contributed by atoms with Crippen LogP contribution in [-0.4, -0.2) is 44.1 Å². The zero-order valence-electron chi connectivity index (χ0n) is 19.3. The molecule has 2 aromatic carbocycles. The van der Waals surface area contributed by atoms with Crippen molar-refractivity contribution in [2.24, 2.45) is 0 Å². The van der Waals surface area contributed by atoms with Gasteiger partial charge in [-0.25, -0.2) is 13.8 Å². The summed E-state index contributed by atoms with van der Waals surface area (Å²) in [5, 5.41) is 6.66. The van der Waals surface area contributed by atoms with Crippen LogP contribution in [0.3, 0.4) is 0 Å². The second-order valence-electron chi connectivity index (χ2n) is 8.72. The van der Waals surface area contributed by atoms with Crippen molar-refractivity contribution in [1.29, 1.82) is 0 Å². The molecule has 1 amide bonds. The van der Waals surface area contributed by atoms with Crippen molar-refractivity contribution in [3.8, 4) is 0 Å². The Balaban J connectivity index is 1.45. The predicted octanol–water partition coefficient (Wildman–Crippen LogP) is 4.50. The molecule has 0 aliphatic carbocycles. The number of thiazole rings is 1. The zero-order valence-corrected chi connectivity index (χ0v) is 20.1. The lowest BCUT2D eigenvalue weighted by atomic mass is 10.0. The minimum atomic E-state index is -0.560. The van der Waals surface area contributed by atoms with E-state index in [9.17, 15) is 13.6 Å². The highest BCUT2D eigenvalue weighted by Crippen LogP contribution is 2.27. The molecule has 0 unspecified atom stereocenters. The number of benzene rings is 2. The van der Waals surface area contributed by atoms with Gasteiger partial charge in [-0.05, 0) is 17.7 Å². The lowest BCUT2D eigenvalue weighted by Crippen LogP contribution is -2.33. The first kappa shape index (κ1) is 23.3. The maximum Gasteiger partial charge on any atom is 0.274 e. The summed E-state index contributed by atoms with van der Waals surface area (Å²) in [4.78, 5) is 21.3. The van der Waals surface area contributed by atoms with Crippen LogP contribution in [0.1, 0.15) is 38.6 Å². The van der Waals surface area contributed by atoms with Gasteiger partial charge in [0.25, 0.3) is 5.91 Å². The Hall–Kier alpha value is -3.43. The number of fused-ring (bicyclic) bond motifs is 1. The number of nitrogens with zero attached hydrogens (tertiary/aromatic N) is 5. The molecule has 1 aliphatic heterocycles. The Bertz CT molecular complexity index is 1300. The van der Waals surface area contributed by atoms with E-state index in [1.54, 1.807) is 17.5 Å². The van der Waals surface area contributed by atoms with Crippen molar-refractivity contribution < 1.29 is 13.6 Å². The molecule has 3 heterocycles. The van der Waals surface area contributed by atoms with Gasteiger partial charge in [0, 0.05) is 55.3 Å². The van der Waals surface area contributed by atoms with E-state index in [1.807, 2.05) is 45.3 Å². The van der Waals surface area contributed by atoms with Gasteiger partial charge in [0.2, 0.25) is 0 Å². The van der Waals surface area contributed by atoms with Crippen molar-refractivity contribution in [3.63, 3.8) is 0 Å². The van der Waals surface area contributed by atoms with Gasteiger partial charge in [0.15, 0.2) is 5.69 Å². The van der Waals surface area contributed by atoms with Gasteiger partial charge in [-0.15, -0.1) is 11.3 Å². The number of hydrogen-bond acceptors (Lipinski definition) is 5. The van der Waals surface area contributed by atoms with Gasteiger partial charge in [-0.3, -0.25) is 14.4 Å². The third-order valence-corrected chi connectivity index (χ3v) is 6.90. The molecule has 0 fully saturated rings. The van der Waals surface area contributed by atoms with Crippen LogP contribution in [0.15, 0.2) is 59.4 Å². The van der Waals surface area contributed by atoms with E-state index >= 15 is 0 Å². The Kier molecular flexibility index (Phi) is 6.70. The molecule has 9 heteroatoms. The summed E-state index contributed by atoms with van der Waals surface area (Å²) in [5.74, 6) is -1.32. The molecule has 180 valence electrons. The minimum absolute atomic E-state index is 0.0427. The number of hydrogen-bond donors (Lipinski definition) is 0. The zero-order chi connectivity index (χ0) is 24.4. The largest absolute Gasteiger partial charge is 0.334 e. The summed E-state index contributed by atoms with van der Waals surface area (Å²) in [5.41, 5.74) is 5.88. The normalized spacial score (nSPS) is 13.6. The minimum Gasteiger partial charge on any atom is -0.334 e. The summed E-state index contributed by atoms with van der Waals surface area (Å²) < 4.78 is 30.5. The average Bonchev–Trinajstić information content (AvgIpc) is 3.49. The Morgan fingerprint density at radius 2 is 1.86 bits per heavy atom. The average molecular weight is 494 g/mol. The van der Waals surface area contributed by atoms with Crippen LogP contribution in [0.4, 0.5) is 8.78 Å². The van der Waals surface area contributed by atoms with Crippen molar-refractivity contribution in [2.75, 3.05) is 13.6 Å². The number of rotatable bonds is 7.